The Bertz CT molecular complexity index is 244. The predicted octanol–water partition coefficient (Wildman–Crippen LogP) is 0.542. The molecule has 7 heteroatoms. The fourth-order valence-corrected chi connectivity index (χ4v) is 1.67. The Hall–Kier alpha value is -0.820. The van der Waals surface area contributed by atoms with Gasteiger partial charge < -0.3 is 15.5 Å². The molecule has 3 N–H and O–H groups in total. The lowest BCUT2D eigenvalue weighted by Crippen LogP contribution is -2.40. The van der Waals surface area contributed by atoms with Crippen molar-refractivity contribution in [2.24, 2.45) is 0 Å². The molecule has 0 aromatic rings. The van der Waals surface area contributed by atoms with E-state index in [1.54, 1.807) is 0 Å². The summed E-state index contributed by atoms with van der Waals surface area (Å²) in [7, 11) is 0. The summed E-state index contributed by atoms with van der Waals surface area (Å²) in [5.74, 6) is -1.67. The molecule has 5 nitrogen and oxygen atoms in total. The topological polar surface area (TPSA) is 86.6 Å². The SMILES string of the molecule is CCSC(=S)NC(CC(=O)O)C(=O)O. The number of aliphatic carboxylic acids is 2. The number of thioether (sulfide) groups is 1. The van der Waals surface area contributed by atoms with Gasteiger partial charge in [0, 0.05) is 0 Å². The Balaban J connectivity index is 4.16. The number of nitrogens with one attached hydrogen (secondary N) is 1. The van der Waals surface area contributed by atoms with Gasteiger partial charge in [0.15, 0.2) is 0 Å². The summed E-state index contributed by atoms with van der Waals surface area (Å²) in [5, 5.41) is 19.5. The molecule has 0 saturated heterocycles. The van der Waals surface area contributed by atoms with Crippen molar-refractivity contribution in [2.75, 3.05) is 5.75 Å². The molecule has 0 rings (SSSR count). The minimum absolute atomic E-state index is 0.307. The molecule has 80 valence electrons. The van der Waals surface area contributed by atoms with Crippen molar-refractivity contribution in [1.29, 1.82) is 0 Å². The summed E-state index contributed by atoms with van der Waals surface area (Å²) in [6, 6.07) is -1.15. The highest BCUT2D eigenvalue weighted by molar-refractivity contribution is 8.22. The molecule has 0 bridgehead atoms. The van der Waals surface area contributed by atoms with Crippen molar-refractivity contribution in [3.05, 3.63) is 0 Å². The first-order chi connectivity index (χ1) is 6.47. The first kappa shape index (κ1) is 13.2. The summed E-state index contributed by atoms with van der Waals surface area (Å²) in [4.78, 5) is 20.9. The van der Waals surface area contributed by atoms with Crippen LogP contribution in [0.2, 0.25) is 0 Å². The van der Waals surface area contributed by atoms with Crippen LogP contribution in [0.15, 0.2) is 0 Å². The highest BCUT2D eigenvalue weighted by Crippen LogP contribution is 2.03. The van der Waals surface area contributed by atoms with Gasteiger partial charge in [-0.3, -0.25) is 4.79 Å². The molecule has 0 fully saturated rings. The summed E-state index contributed by atoms with van der Waals surface area (Å²) >= 11 is 6.07. The third-order valence-electron chi connectivity index (χ3n) is 1.24. The Morgan fingerprint density at radius 2 is 2.07 bits per heavy atom. The highest BCUT2D eigenvalue weighted by atomic mass is 32.2. The summed E-state index contributed by atoms with van der Waals surface area (Å²) in [5.41, 5.74) is 0. The van der Waals surface area contributed by atoms with Crippen molar-refractivity contribution < 1.29 is 19.8 Å². The van der Waals surface area contributed by atoms with E-state index in [0.29, 0.717) is 10.1 Å². The third-order valence-corrected chi connectivity index (χ3v) is 2.38. The second kappa shape index (κ2) is 6.61. The molecule has 1 atom stereocenters. The Labute approximate surface area is 90.9 Å². The van der Waals surface area contributed by atoms with Crippen LogP contribution in [0.25, 0.3) is 0 Å². The van der Waals surface area contributed by atoms with E-state index in [9.17, 15) is 9.59 Å². The normalized spacial score (nSPS) is 11.8. The zero-order valence-electron chi connectivity index (χ0n) is 7.52. The van der Waals surface area contributed by atoms with E-state index in [2.05, 4.69) is 5.32 Å². The standard InChI is InChI=1S/C7H11NO4S2/c1-2-14-7(13)8-4(6(11)12)3-5(9)10/h4H,2-3H2,1H3,(H,8,13)(H,9,10)(H,11,12). The van der Waals surface area contributed by atoms with Crippen molar-refractivity contribution in [1.82, 2.24) is 5.32 Å². The first-order valence-electron chi connectivity index (χ1n) is 3.85. The minimum atomic E-state index is -1.22. The number of carboxylic acid groups (broad SMARTS) is 2. The molecule has 0 aliphatic rings. The number of carbonyl (C=O) groups is 2. The maximum atomic E-state index is 10.6. The zero-order chi connectivity index (χ0) is 11.1. The number of thiocarbonyl (C=S) groups is 1. The molecular formula is C7H11NO4S2. The van der Waals surface area contributed by atoms with Crippen molar-refractivity contribution in [2.45, 2.75) is 19.4 Å². The lowest BCUT2D eigenvalue weighted by molar-refractivity contribution is -0.145. The van der Waals surface area contributed by atoms with Crippen LogP contribution < -0.4 is 5.32 Å². The molecule has 0 heterocycles. The van der Waals surface area contributed by atoms with Crippen LogP contribution in [0.4, 0.5) is 0 Å². The largest absolute Gasteiger partial charge is 0.481 e. The Morgan fingerprint density at radius 3 is 2.43 bits per heavy atom. The number of hydrogen-bond donors (Lipinski definition) is 3. The molecule has 14 heavy (non-hydrogen) atoms. The van der Waals surface area contributed by atoms with Crippen LogP contribution in [0.3, 0.4) is 0 Å². The number of rotatable bonds is 5. The van der Waals surface area contributed by atoms with Crippen LogP contribution in [0.1, 0.15) is 13.3 Å². The van der Waals surface area contributed by atoms with Gasteiger partial charge in [-0.05, 0) is 5.75 Å². The second-order valence-electron chi connectivity index (χ2n) is 2.35. The average molecular weight is 237 g/mol. The van der Waals surface area contributed by atoms with Gasteiger partial charge in [-0.1, -0.05) is 30.9 Å². The van der Waals surface area contributed by atoms with E-state index in [1.807, 2.05) is 6.92 Å². The summed E-state index contributed by atoms with van der Waals surface area (Å²) in [6.45, 7) is 1.87. The van der Waals surface area contributed by atoms with Crippen molar-refractivity contribution in [3.63, 3.8) is 0 Å². The molecule has 0 aromatic heterocycles. The van der Waals surface area contributed by atoms with Gasteiger partial charge in [0.1, 0.15) is 10.4 Å². The molecule has 0 saturated carbocycles. The van der Waals surface area contributed by atoms with Gasteiger partial charge >= 0.3 is 11.9 Å². The van der Waals surface area contributed by atoms with Gasteiger partial charge in [0.25, 0.3) is 0 Å². The number of carboxylic acids is 2. The predicted molar refractivity (Wildman–Crippen MR) is 57.5 cm³/mol. The van der Waals surface area contributed by atoms with Crippen LogP contribution in [0.5, 0.6) is 0 Å². The Kier molecular flexibility index (Phi) is 6.22. The molecule has 0 aromatic carbocycles. The van der Waals surface area contributed by atoms with Gasteiger partial charge in [-0.15, -0.1) is 0 Å². The Morgan fingerprint density at radius 1 is 1.50 bits per heavy atom. The van der Waals surface area contributed by atoms with Crippen LogP contribution in [-0.4, -0.2) is 38.3 Å². The van der Waals surface area contributed by atoms with E-state index in [0.717, 1.165) is 0 Å². The van der Waals surface area contributed by atoms with Crippen molar-refractivity contribution in [3.8, 4) is 0 Å². The number of hydrogen-bond acceptors (Lipinski definition) is 4. The monoisotopic (exact) mass is 237 g/mol. The highest BCUT2D eigenvalue weighted by Gasteiger charge is 2.21. The van der Waals surface area contributed by atoms with E-state index >= 15 is 0 Å². The first-order valence-corrected chi connectivity index (χ1v) is 5.24. The lowest BCUT2D eigenvalue weighted by atomic mass is 10.2. The van der Waals surface area contributed by atoms with Gasteiger partial charge in [-0.2, -0.15) is 0 Å². The van der Waals surface area contributed by atoms with E-state index in [-0.39, 0.29) is 0 Å². The summed E-state index contributed by atoms with van der Waals surface area (Å²) < 4.78 is 0.307. The van der Waals surface area contributed by atoms with E-state index in [1.165, 1.54) is 11.8 Å². The average Bonchev–Trinajstić information content (AvgIpc) is 2.02. The third kappa shape index (κ3) is 5.76. The molecule has 1 unspecified atom stereocenters. The maximum absolute atomic E-state index is 10.6. The van der Waals surface area contributed by atoms with Gasteiger partial charge in [0.05, 0.1) is 6.42 Å². The van der Waals surface area contributed by atoms with E-state index < -0.39 is 24.4 Å². The van der Waals surface area contributed by atoms with E-state index in [4.69, 9.17) is 22.4 Å². The fourth-order valence-electron chi connectivity index (χ4n) is 0.690. The molecule has 0 spiro atoms. The quantitative estimate of drug-likeness (QED) is 0.602. The molecule has 0 amide bonds. The minimum Gasteiger partial charge on any atom is -0.481 e. The van der Waals surface area contributed by atoms with Gasteiger partial charge in [-0.25, -0.2) is 4.79 Å². The lowest BCUT2D eigenvalue weighted by Gasteiger charge is -2.13. The van der Waals surface area contributed by atoms with Crippen LogP contribution >= 0.6 is 24.0 Å². The smallest absolute Gasteiger partial charge is 0.326 e. The molecule has 0 aliphatic heterocycles. The van der Waals surface area contributed by atoms with Crippen molar-refractivity contribution >= 4 is 40.2 Å². The van der Waals surface area contributed by atoms with Crippen LogP contribution in [0, 0.1) is 0 Å². The second-order valence-corrected chi connectivity index (χ2v) is 4.29. The zero-order valence-corrected chi connectivity index (χ0v) is 9.15. The fraction of sp³-hybridized carbons (Fsp3) is 0.571. The molecule has 0 aliphatic carbocycles. The maximum Gasteiger partial charge on any atom is 0.326 e. The molecular weight excluding hydrogens is 226 g/mol. The molecule has 0 radical (unpaired) electrons. The van der Waals surface area contributed by atoms with Crippen LogP contribution in [-0.2, 0) is 9.59 Å². The van der Waals surface area contributed by atoms with Gasteiger partial charge in [0.2, 0.25) is 0 Å². The summed E-state index contributed by atoms with van der Waals surface area (Å²) in [6.07, 6.45) is -0.486.